The lowest BCUT2D eigenvalue weighted by molar-refractivity contribution is 0.416. The molecule has 2 aromatic heterocycles. The zero-order valence-corrected chi connectivity index (χ0v) is 7.72. The number of aromatic nitrogens is 4. The molecular weight excluding hydrogens is 196 g/mol. The Morgan fingerprint density at radius 3 is 3.08 bits per heavy atom. The quantitative estimate of drug-likeness (QED) is 0.681. The number of rotatable bonds is 2. The van der Waals surface area contributed by atoms with Gasteiger partial charge in [0.2, 0.25) is 5.16 Å². The predicted molar refractivity (Wildman–Crippen MR) is 45.0 cm³/mol. The predicted octanol–water partition coefficient (Wildman–Crippen LogP) is 1.31. The minimum atomic E-state index is 0.481. The average molecular weight is 200 g/mol. The van der Waals surface area contributed by atoms with E-state index < -0.39 is 0 Å². The molecule has 0 aromatic carbocycles. The van der Waals surface area contributed by atoms with E-state index >= 15 is 0 Å². The molecule has 0 N–H and O–H groups in total. The Morgan fingerprint density at radius 1 is 1.58 bits per heavy atom. The number of thioether (sulfide) groups is 1. The fourth-order valence-electron chi connectivity index (χ4n) is 0.654. The molecule has 0 atom stereocenters. The molecule has 0 aliphatic heterocycles. The second-order valence-corrected chi connectivity index (χ2v) is 3.43. The first-order valence-corrected chi connectivity index (χ1v) is 5.05. The van der Waals surface area contributed by atoms with Crippen LogP contribution in [0.15, 0.2) is 15.9 Å². The molecule has 12 heavy (non-hydrogen) atoms. The molecule has 0 saturated carbocycles. The SMILES string of the molecule is CSc1noc(-c2cnns2)n1. The largest absolute Gasteiger partial charge is 0.332 e. The Bertz CT molecular complexity index is 357. The van der Waals surface area contributed by atoms with Crippen molar-refractivity contribution >= 4 is 23.3 Å². The van der Waals surface area contributed by atoms with Crippen molar-refractivity contribution in [1.82, 2.24) is 19.7 Å². The first-order valence-electron chi connectivity index (χ1n) is 3.05. The normalized spacial score (nSPS) is 10.4. The van der Waals surface area contributed by atoms with Crippen molar-refractivity contribution in [3.05, 3.63) is 6.20 Å². The average Bonchev–Trinajstić information content (AvgIpc) is 2.75. The van der Waals surface area contributed by atoms with Crippen molar-refractivity contribution in [2.75, 3.05) is 6.26 Å². The maximum atomic E-state index is 4.95. The van der Waals surface area contributed by atoms with Crippen molar-refractivity contribution in [1.29, 1.82) is 0 Å². The van der Waals surface area contributed by atoms with Crippen LogP contribution >= 0.6 is 23.3 Å². The van der Waals surface area contributed by atoms with Gasteiger partial charge in [-0.15, -0.1) is 5.10 Å². The summed E-state index contributed by atoms with van der Waals surface area (Å²) in [5, 5.41) is 8.01. The molecular formula is C5H4N4OS2. The van der Waals surface area contributed by atoms with Crippen molar-refractivity contribution in [3.63, 3.8) is 0 Å². The van der Waals surface area contributed by atoms with Crippen LogP contribution in [0.2, 0.25) is 0 Å². The van der Waals surface area contributed by atoms with Gasteiger partial charge in [0.1, 0.15) is 4.88 Å². The highest BCUT2D eigenvalue weighted by Gasteiger charge is 2.09. The van der Waals surface area contributed by atoms with Crippen molar-refractivity contribution in [3.8, 4) is 10.8 Å². The molecule has 0 aliphatic carbocycles. The minimum Gasteiger partial charge on any atom is -0.332 e. The Kier molecular flexibility index (Phi) is 2.05. The summed E-state index contributed by atoms with van der Waals surface area (Å²) < 4.78 is 8.64. The maximum absolute atomic E-state index is 4.95. The molecule has 7 heteroatoms. The molecule has 2 rings (SSSR count). The molecule has 62 valence electrons. The van der Waals surface area contributed by atoms with Crippen molar-refractivity contribution in [2.45, 2.75) is 5.16 Å². The fourth-order valence-corrected chi connectivity index (χ4v) is 1.38. The third kappa shape index (κ3) is 1.32. The summed E-state index contributed by atoms with van der Waals surface area (Å²) in [4.78, 5) is 4.88. The molecule has 0 bridgehead atoms. The molecule has 0 fully saturated rings. The van der Waals surface area contributed by atoms with Crippen LogP contribution in [0, 0.1) is 0 Å². The highest BCUT2D eigenvalue weighted by Crippen LogP contribution is 2.21. The summed E-state index contributed by atoms with van der Waals surface area (Å²) in [7, 11) is 0. The van der Waals surface area contributed by atoms with Gasteiger partial charge in [0, 0.05) is 0 Å². The fraction of sp³-hybridized carbons (Fsp3) is 0.200. The van der Waals surface area contributed by atoms with Gasteiger partial charge in [0.15, 0.2) is 0 Å². The van der Waals surface area contributed by atoms with Gasteiger partial charge in [-0.2, -0.15) is 4.98 Å². The molecule has 2 heterocycles. The van der Waals surface area contributed by atoms with Gasteiger partial charge in [-0.05, 0) is 22.9 Å². The van der Waals surface area contributed by atoms with Gasteiger partial charge in [-0.25, -0.2) is 0 Å². The molecule has 0 amide bonds. The maximum Gasteiger partial charge on any atom is 0.272 e. The zero-order valence-electron chi connectivity index (χ0n) is 6.09. The standard InChI is InChI=1S/C5H4N4OS2/c1-11-5-7-4(10-8-5)3-2-6-9-12-3/h2H,1H3. The van der Waals surface area contributed by atoms with Crippen LogP contribution in [-0.4, -0.2) is 26.0 Å². The van der Waals surface area contributed by atoms with Gasteiger partial charge in [0.05, 0.1) is 6.20 Å². The number of nitrogens with zero attached hydrogens (tertiary/aromatic N) is 4. The Hall–Kier alpha value is -0.950. The highest BCUT2D eigenvalue weighted by molar-refractivity contribution is 7.98. The molecule has 0 saturated heterocycles. The van der Waals surface area contributed by atoms with E-state index in [0.717, 1.165) is 4.88 Å². The van der Waals surface area contributed by atoms with Crippen molar-refractivity contribution < 1.29 is 4.52 Å². The van der Waals surface area contributed by atoms with Crippen LogP contribution in [0.3, 0.4) is 0 Å². The molecule has 0 unspecified atom stereocenters. The topological polar surface area (TPSA) is 64.7 Å². The molecule has 0 radical (unpaired) electrons. The van der Waals surface area contributed by atoms with Crippen molar-refractivity contribution in [2.24, 2.45) is 0 Å². The smallest absolute Gasteiger partial charge is 0.272 e. The van der Waals surface area contributed by atoms with Gasteiger partial charge >= 0.3 is 0 Å². The van der Waals surface area contributed by atoms with Crippen LogP contribution in [0.1, 0.15) is 0 Å². The van der Waals surface area contributed by atoms with Gasteiger partial charge in [-0.1, -0.05) is 16.3 Å². The first-order chi connectivity index (χ1) is 5.90. The Morgan fingerprint density at radius 2 is 2.50 bits per heavy atom. The lowest BCUT2D eigenvalue weighted by Crippen LogP contribution is -1.71. The minimum absolute atomic E-state index is 0.481. The Labute approximate surface area is 76.4 Å². The van der Waals surface area contributed by atoms with E-state index in [1.807, 2.05) is 6.26 Å². The number of hydrogen-bond acceptors (Lipinski definition) is 7. The lowest BCUT2D eigenvalue weighted by atomic mass is 10.6. The van der Waals surface area contributed by atoms with Crippen LogP contribution in [-0.2, 0) is 0 Å². The summed E-state index contributed by atoms with van der Waals surface area (Å²) >= 11 is 2.67. The van der Waals surface area contributed by atoms with E-state index in [0.29, 0.717) is 11.0 Å². The third-order valence-electron chi connectivity index (χ3n) is 1.16. The van der Waals surface area contributed by atoms with E-state index in [1.165, 1.54) is 23.3 Å². The molecule has 5 nitrogen and oxygen atoms in total. The summed E-state index contributed by atoms with van der Waals surface area (Å²) in [5.41, 5.74) is 0. The van der Waals surface area contributed by atoms with E-state index in [2.05, 4.69) is 19.7 Å². The monoisotopic (exact) mass is 200 g/mol. The third-order valence-corrected chi connectivity index (χ3v) is 2.35. The van der Waals surface area contributed by atoms with Gasteiger partial charge < -0.3 is 4.52 Å². The molecule has 0 aliphatic rings. The summed E-state index contributed by atoms with van der Waals surface area (Å²) in [5.74, 6) is 0.481. The first kappa shape index (κ1) is 7.69. The summed E-state index contributed by atoms with van der Waals surface area (Å²) in [6, 6.07) is 0. The van der Waals surface area contributed by atoms with Crippen LogP contribution in [0.25, 0.3) is 10.8 Å². The van der Waals surface area contributed by atoms with E-state index in [9.17, 15) is 0 Å². The second-order valence-electron chi connectivity index (χ2n) is 1.87. The van der Waals surface area contributed by atoms with Gasteiger partial charge in [0.25, 0.3) is 5.89 Å². The van der Waals surface area contributed by atoms with E-state index in [4.69, 9.17) is 4.52 Å². The van der Waals surface area contributed by atoms with Crippen LogP contribution in [0.4, 0.5) is 0 Å². The summed E-state index contributed by atoms with van der Waals surface area (Å²) in [6.07, 6.45) is 3.49. The number of hydrogen-bond donors (Lipinski definition) is 0. The van der Waals surface area contributed by atoms with Crippen LogP contribution in [0.5, 0.6) is 0 Å². The molecule has 0 spiro atoms. The zero-order chi connectivity index (χ0) is 8.39. The van der Waals surface area contributed by atoms with E-state index in [1.54, 1.807) is 6.20 Å². The van der Waals surface area contributed by atoms with E-state index in [-0.39, 0.29) is 0 Å². The molecule has 2 aromatic rings. The van der Waals surface area contributed by atoms with Crippen LogP contribution < -0.4 is 0 Å². The van der Waals surface area contributed by atoms with Gasteiger partial charge in [-0.3, -0.25) is 0 Å². The Balaban J connectivity index is 2.35. The highest BCUT2D eigenvalue weighted by atomic mass is 32.2. The summed E-state index contributed by atoms with van der Waals surface area (Å²) in [6.45, 7) is 0. The lowest BCUT2D eigenvalue weighted by Gasteiger charge is -1.78. The second kappa shape index (κ2) is 3.20.